The molecule has 3 rings (SSSR count). The molecule has 0 saturated carbocycles. The third-order valence-corrected chi connectivity index (χ3v) is 4.66. The summed E-state index contributed by atoms with van der Waals surface area (Å²) in [5.41, 5.74) is -0.441. The number of aromatic nitrogens is 2. The van der Waals surface area contributed by atoms with E-state index >= 15 is 0 Å². The van der Waals surface area contributed by atoms with Gasteiger partial charge in [-0.05, 0) is 49.7 Å². The fraction of sp³-hybridized carbons (Fsp3) is 0.238. The number of halogens is 6. The van der Waals surface area contributed by atoms with Crippen LogP contribution in [0.3, 0.4) is 0 Å². The third kappa shape index (κ3) is 5.07. The molecule has 0 atom stereocenters. The van der Waals surface area contributed by atoms with Crippen LogP contribution in [0.2, 0.25) is 0 Å². The Hall–Kier alpha value is -3.30. The second kappa shape index (κ2) is 8.09. The molecule has 1 amide bonds. The van der Waals surface area contributed by atoms with Crippen molar-refractivity contribution >= 4 is 11.6 Å². The van der Waals surface area contributed by atoms with E-state index in [9.17, 15) is 31.1 Å². The number of carbonyl (C=O) groups is 1. The van der Waals surface area contributed by atoms with Gasteiger partial charge in [-0.25, -0.2) is 0 Å². The molecule has 0 bridgehead atoms. The predicted molar refractivity (Wildman–Crippen MR) is 102 cm³/mol. The highest BCUT2D eigenvalue weighted by atomic mass is 19.4. The van der Waals surface area contributed by atoms with Gasteiger partial charge in [-0.2, -0.15) is 31.4 Å². The van der Waals surface area contributed by atoms with Crippen molar-refractivity contribution in [2.75, 3.05) is 5.32 Å². The first-order valence-corrected chi connectivity index (χ1v) is 9.05. The van der Waals surface area contributed by atoms with Gasteiger partial charge < -0.3 is 5.32 Å². The van der Waals surface area contributed by atoms with Crippen molar-refractivity contribution < 1.29 is 31.1 Å². The number of carbonyl (C=O) groups excluding carboxylic acids is 1. The quantitative estimate of drug-likeness (QED) is 0.518. The molecule has 1 N–H and O–H groups in total. The van der Waals surface area contributed by atoms with E-state index in [1.165, 1.54) is 22.9 Å². The summed E-state index contributed by atoms with van der Waals surface area (Å²) in [5.74, 6) is -0.754. The first kappa shape index (κ1) is 22.4. The summed E-state index contributed by atoms with van der Waals surface area (Å²) >= 11 is 0. The molecule has 0 saturated heterocycles. The number of anilines is 1. The van der Waals surface area contributed by atoms with Gasteiger partial charge in [0.1, 0.15) is 0 Å². The number of amides is 1. The van der Waals surface area contributed by atoms with Crippen molar-refractivity contribution in [1.29, 1.82) is 0 Å². The molecule has 4 nitrogen and oxygen atoms in total. The molecule has 1 heterocycles. The monoisotopic (exact) mass is 441 g/mol. The first-order valence-electron chi connectivity index (χ1n) is 9.05. The maximum atomic E-state index is 12.9. The van der Waals surface area contributed by atoms with E-state index in [0.29, 0.717) is 17.0 Å². The minimum Gasteiger partial charge on any atom is -0.319 e. The van der Waals surface area contributed by atoms with Crippen LogP contribution in [-0.2, 0) is 18.9 Å². The van der Waals surface area contributed by atoms with Crippen molar-refractivity contribution in [2.24, 2.45) is 0 Å². The Morgan fingerprint density at radius 2 is 1.52 bits per heavy atom. The standard InChI is InChI=1S/C21H17F6N3O/c1-12-18(28-19(31)15-6-4-8-17(10-15)21(25,26)27)13(2)30(29-12)11-14-5-3-7-16(9-14)20(22,23)24/h3-10H,11H2,1-2H3,(H,28,31). The van der Waals surface area contributed by atoms with E-state index in [0.717, 1.165) is 30.3 Å². The van der Waals surface area contributed by atoms with Crippen molar-refractivity contribution in [3.05, 3.63) is 82.2 Å². The van der Waals surface area contributed by atoms with Gasteiger partial charge in [-0.3, -0.25) is 9.48 Å². The van der Waals surface area contributed by atoms with E-state index in [-0.39, 0.29) is 17.8 Å². The normalized spacial score (nSPS) is 12.1. The molecule has 0 aliphatic carbocycles. The van der Waals surface area contributed by atoms with Crippen molar-refractivity contribution in [2.45, 2.75) is 32.7 Å². The average Bonchev–Trinajstić information content (AvgIpc) is 2.94. The van der Waals surface area contributed by atoms with Crippen molar-refractivity contribution in [1.82, 2.24) is 9.78 Å². The summed E-state index contributed by atoms with van der Waals surface area (Å²) in [7, 11) is 0. The maximum absolute atomic E-state index is 12.9. The molecular formula is C21H17F6N3O. The van der Waals surface area contributed by atoms with Crippen LogP contribution >= 0.6 is 0 Å². The molecular weight excluding hydrogens is 424 g/mol. The molecule has 0 spiro atoms. The highest BCUT2D eigenvalue weighted by Crippen LogP contribution is 2.31. The third-order valence-electron chi connectivity index (χ3n) is 4.66. The Morgan fingerprint density at radius 3 is 2.13 bits per heavy atom. The van der Waals surface area contributed by atoms with Crippen molar-refractivity contribution in [3.8, 4) is 0 Å². The lowest BCUT2D eigenvalue weighted by molar-refractivity contribution is -0.138. The number of alkyl halides is 6. The molecule has 1 aromatic heterocycles. The number of nitrogens with zero attached hydrogens (tertiary/aromatic N) is 2. The molecule has 0 fully saturated rings. The largest absolute Gasteiger partial charge is 0.416 e. The minimum atomic E-state index is -4.59. The summed E-state index contributed by atoms with van der Waals surface area (Å²) in [6.45, 7) is 3.21. The average molecular weight is 441 g/mol. The van der Waals surface area contributed by atoms with Gasteiger partial charge in [0, 0.05) is 5.56 Å². The number of aryl methyl sites for hydroxylation is 1. The smallest absolute Gasteiger partial charge is 0.319 e. The van der Waals surface area contributed by atoms with Crippen LogP contribution in [0, 0.1) is 13.8 Å². The van der Waals surface area contributed by atoms with Gasteiger partial charge in [0.25, 0.3) is 5.91 Å². The second-order valence-corrected chi connectivity index (χ2v) is 6.93. The molecule has 0 aliphatic rings. The van der Waals surface area contributed by atoms with Crippen LogP contribution in [0.15, 0.2) is 48.5 Å². The van der Waals surface area contributed by atoms with Crippen LogP contribution in [0.25, 0.3) is 0 Å². The Morgan fingerprint density at radius 1 is 0.935 bits per heavy atom. The van der Waals surface area contributed by atoms with Gasteiger partial charge in [0.05, 0.1) is 34.7 Å². The predicted octanol–water partition coefficient (Wildman–Crippen LogP) is 5.84. The van der Waals surface area contributed by atoms with Crippen LogP contribution in [0.1, 0.15) is 38.4 Å². The minimum absolute atomic E-state index is 0.0238. The van der Waals surface area contributed by atoms with E-state index in [1.54, 1.807) is 13.8 Å². The van der Waals surface area contributed by atoms with Gasteiger partial charge in [0.15, 0.2) is 0 Å². The zero-order chi connectivity index (χ0) is 23.0. The molecule has 3 aromatic rings. The van der Waals surface area contributed by atoms with Crippen molar-refractivity contribution in [3.63, 3.8) is 0 Å². The van der Waals surface area contributed by atoms with Gasteiger partial charge >= 0.3 is 12.4 Å². The zero-order valence-electron chi connectivity index (χ0n) is 16.4. The van der Waals surface area contributed by atoms with Gasteiger partial charge in [-0.1, -0.05) is 18.2 Å². The Labute approximate surface area is 173 Å². The fourth-order valence-corrected chi connectivity index (χ4v) is 3.07. The Bertz CT molecular complexity index is 1120. The van der Waals surface area contributed by atoms with Crippen LogP contribution < -0.4 is 5.32 Å². The number of benzene rings is 2. The van der Waals surface area contributed by atoms with E-state index in [4.69, 9.17) is 0 Å². The molecule has 0 radical (unpaired) electrons. The molecule has 31 heavy (non-hydrogen) atoms. The molecule has 2 aromatic carbocycles. The van der Waals surface area contributed by atoms with Crippen LogP contribution in [0.5, 0.6) is 0 Å². The van der Waals surface area contributed by atoms with Gasteiger partial charge in [0.2, 0.25) is 0 Å². The summed E-state index contributed by atoms with van der Waals surface area (Å²) in [5, 5.41) is 6.79. The number of nitrogens with one attached hydrogen (secondary N) is 1. The maximum Gasteiger partial charge on any atom is 0.416 e. The molecule has 164 valence electrons. The number of hydrogen-bond donors (Lipinski definition) is 1. The summed E-state index contributed by atoms with van der Waals surface area (Å²) in [6.07, 6.45) is -9.06. The Kier molecular flexibility index (Phi) is 5.84. The zero-order valence-corrected chi connectivity index (χ0v) is 16.4. The molecule has 10 heteroatoms. The summed E-state index contributed by atoms with van der Waals surface area (Å²) in [4.78, 5) is 12.5. The summed E-state index contributed by atoms with van der Waals surface area (Å²) < 4.78 is 78.8. The van der Waals surface area contributed by atoms with Gasteiger partial charge in [-0.15, -0.1) is 0 Å². The second-order valence-electron chi connectivity index (χ2n) is 6.93. The van der Waals surface area contributed by atoms with Crippen LogP contribution in [-0.4, -0.2) is 15.7 Å². The SMILES string of the molecule is Cc1nn(Cc2cccc(C(F)(F)F)c2)c(C)c1NC(=O)c1cccc(C(F)(F)F)c1. The fourth-order valence-electron chi connectivity index (χ4n) is 3.07. The topological polar surface area (TPSA) is 46.9 Å². The summed E-state index contributed by atoms with van der Waals surface area (Å²) in [6, 6.07) is 8.78. The lowest BCUT2D eigenvalue weighted by Crippen LogP contribution is -2.15. The highest BCUT2D eigenvalue weighted by Gasteiger charge is 2.31. The number of hydrogen-bond acceptors (Lipinski definition) is 2. The highest BCUT2D eigenvalue weighted by molar-refractivity contribution is 6.05. The molecule has 0 aliphatic heterocycles. The van der Waals surface area contributed by atoms with Crippen LogP contribution in [0.4, 0.5) is 32.0 Å². The van der Waals surface area contributed by atoms with E-state index in [2.05, 4.69) is 10.4 Å². The lowest BCUT2D eigenvalue weighted by Gasteiger charge is -2.11. The molecule has 0 unspecified atom stereocenters. The van der Waals surface area contributed by atoms with E-state index < -0.39 is 29.4 Å². The first-order chi connectivity index (χ1) is 14.4. The number of rotatable bonds is 4. The lowest BCUT2D eigenvalue weighted by atomic mass is 10.1. The Balaban J connectivity index is 1.83. The van der Waals surface area contributed by atoms with E-state index in [1.807, 2.05) is 0 Å².